The van der Waals surface area contributed by atoms with Crippen LogP contribution in [0.4, 0.5) is 4.79 Å². The molecule has 2 aromatic rings. The van der Waals surface area contributed by atoms with Crippen LogP contribution in [0.3, 0.4) is 0 Å². The van der Waals surface area contributed by atoms with Crippen LogP contribution in [0.15, 0.2) is 48.7 Å². The van der Waals surface area contributed by atoms with E-state index in [0.717, 1.165) is 11.1 Å². The quantitative estimate of drug-likeness (QED) is 0.383. The molecule has 0 unspecified atom stereocenters. The highest BCUT2D eigenvalue weighted by molar-refractivity contribution is 6.42. The molecule has 1 saturated heterocycles. The maximum atomic E-state index is 11.8. The van der Waals surface area contributed by atoms with E-state index in [4.69, 9.17) is 32.7 Å². The van der Waals surface area contributed by atoms with Crippen LogP contribution < -0.4 is 20.1 Å². The van der Waals surface area contributed by atoms with Crippen LogP contribution in [0, 0.1) is 0 Å². The summed E-state index contributed by atoms with van der Waals surface area (Å²) in [6.45, 7) is 4.04. The number of rotatable bonds is 7. The number of benzene rings is 2. The molecule has 1 heterocycles. The number of carbonyl (C=O) groups excluding carboxylic acids is 2. The van der Waals surface area contributed by atoms with Crippen molar-refractivity contribution in [3.05, 3.63) is 75.4 Å². The van der Waals surface area contributed by atoms with Crippen LogP contribution in [0.2, 0.25) is 10.0 Å². The van der Waals surface area contributed by atoms with Gasteiger partial charge >= 0.3 is 6.03 Å². The average molecular weight is 433 g/mol. The van der Waals surface area contributed by atoms with Crippen molar-refractivity contribution in [1.29, 1.82) is 0 Å². The van der Waals surface area contributed by atoms with Gasteiger partial charge in [0.25, 0.3) is 5.91 Å². The molecule has 150 valence electrons. The summed E-state index contributed by atoms with van der Waals surface area (Å²) in [5.74, 6) is 0.556. The van der Waals surface area contributed by atoms with Gasteiger partial charge in [0.05, 0.1) is 17.2 Å². The Labute approximate surface area is 178 Å². The number of imide groups is 1. The van der Waals surface area contributed by atoms with Crippen molar-refractivity contribution in [2.45, 2.75) is 13.0 Å². The summed E-state index contributed by atoms with van der Waals surface area (Å²) in [5.41, 5.74) is 2.50. The molecule has 2 N–H and O–H groups in total. The average Bonchev–Trinajstić information content (AvgIpc) is 3.00. The monoisotopic (exact) mass is 432 g/mol. The van der Waals surface area contributed by atoms with E-state index in [-0.39, 0.29) is 12.3 Å². The predicted octanol–water partition coefficient (Wildman–Crippen LogP) is 4.49. The fourth-order valence-corrected chi connectivity index (χ4v) is 3.14. The van der Waals surface area contributed by atoms with Crippen LogP contribution in [-0.4, -0.2) is 19.0 Å². The van der Waals surface area contributed by atoms with Gasteiger partial charge < -0.3 is 14.8 Å². The molecule has 3 amide bonds. The van der Waals surface area contributed by atoms with Crippen molar-refractivity contribution >= 4 is 41.2 Å². The molecule has 0 aliphatic carbocycles. The molecule has 3 rings (SSSR count). The van der Waals surface area contributed by atoms with E-state index in [1.54, 1.807) is 30.4 Å². The summed E-state index contributed by atoms with van der Waals surface area (Å²) in [4.78, 5) is 23.1. The van der Waals surface area contributed by atoms with Crippen LogP contribution in [-0.2, 0) is 17.8 Å². The Kier molecular flexibility index (Phi) is 6.46. The van der Waals surface area contributed by atoms with Gasteiger partial charge in [0.2, 0.25) is 0 Å². The van der Waals surface area contributed by atoms with E-state index in [9.17, 15) is 9.59 Å². The molecule has 0 spiro atoms. The number of carbonyl (C=O) groups is 2. The Morgan fingerprint density at radius 1 is 1.10 bits per heavy atom. The number of hydrogen-bond acceptors (Lipinski definition) is 4. The van der Waals surface area contributed by atoms with Gasteiger partial charge in [-0.05, 0) is 47.9 Å². The SMILES string of the molecule is C=CCc1cc(/C=C2/NC(=O)NC2=O)cc(OC)c1OCc1ccc(Cl)c(Cl)c1. The van der Waals surface area contributed by atoms with E-state index < -0.39 is 11.9 Å². The third-order valence-corrected chi connectivity index (χ3v) is 4.88. The van der Waals surface area contributed by atoms with Gasteiger partial charge in [-0.25, -0.2) is 4.79 Å². The molecule has 0 aromatic heterocycles. The molecule has 1 fully saturated rings. The number of hydrogen-bond donors (Lipinski definition) is 2. The van der Waals surface area contributed by atoms with Crippen molar-refractivity contribution in [3.63, 3.8) is 0 Å². The summed E-state index contributed by atoms with van der Waals surface area (Å²) >= 11 is 12.0. The number of halogens is 2. The Morgan fingerprint density at radius 3 is 2.52 bits per heavy atom. The third-order valence-electron chi connectivity index (χ3n) is 4.14. The third kappa shape index (κ3) is 4.91. The maximum Gasteiger partial charge on any atom is 0.326 e. The summed E-state index contributed by atoms with van der Waals surface area (Å²) in [5, 5.41) is 5.54. The fraction of sp³-hybridized carbons (Fsp3) is 0.143. The summed E-state index contributed by atoms with van der Waals surface area (Å²) in [6, 6.07) is 8.29. The molecule has 1 aliphatic heterocycles. The maximum absolute atomic E-state index is 11.8. The minimum atomic E-state index is -0.555. The molecule has 6 nitrogen and oxygen atoms in total. The number of methoxy groups -OCH3 is 1. The Bertz CT molecular complexity index is 1020. The number of ether oxygens (including phenoxy) is 2. The Morgan fingerprint density at radius 2 is 1.90 bits per heavy atom. The van der Waals surface area contributed by atoms with Gasteiger partial charge in [0.15, 0.2) is 11.5 Å². The molecular weight excluding hydrogens is 415 g/mol. The molecule has 0 saturated carbocycles. The molecule has 0 bridgehead atoms. The van der Waals surface area contributed by atoms with Crippen molar-refractivity contribution < 1.29 is 19.1 Å². The Hall–Kier alpha value is -2.96. The van der Waals surface area contributed by atoms with Crippen molar-refractivity contribution in [2.75, 3.05) is 7.11 Å². The smallest absolute Gasteiger partial charge is 0.326 e. The lowest BCUT2D eigenvalue weighted by atomic mass is 10.0. The van der Waals surface area contributed by atoms with Gasteiger partial charge in [0.1, 0.15) is 12.3 Å². The largest absolute Gasteiger partial charge is 0.493 e. The van der Waals surface area contributed by atoms with Crippen molar-refractivity contribution in [1.82, 2.24) is 10.6 Å². The molecular formula is C21H18Cl2N2O4. The van der Waals surface area contributed by atoms with E-state index in [1.165, 1.54) is 7.11 Å². The first-order chi connectivity index (χ1) is 13.9. The summed E-state index contributed by atoms with van der Waals surface area (Å²) in [6.07, 6.45) is 3.82. The van der Waals surface area contributed by atoms with Crippen LogP contribution in [0.1, 0.15) is 16.7 Å². The predicted molar refractivity (Wildman–Crippen MR) is 112 cm³/mol. The zero-order valence-electron chi connectivity index (χ0n) is 15.6. The lowest BCUT2D eigenvalue weighted by Gasteiger charge is -2.16. The zero-order chi connectivity index (χ0) is 21.0. The second kappa shape index (κ2) is 9.03. The van der Waals surface area contributed by atoms with Crippen LogP contribution >= 0.6 is 23.2 Å². The normalized spacial score (nSPS) is 14.5. The zero-order valence-corrected chi connectivity index (χ0v) is 17.1. The van der Waals surface area contributed by atoms with Gasteiger partial charge in [-0.3, -0.25) is 10.1 Å². The number of nitrogens with one attached hydrogen (secondary N) is 2. The topological polar surface area (TPSA) is 76.7 Å². The minimum absolute atomic E-state index is 0.158. The van der Waals surface area contributed by atoms with Gasteiger partial charge in [-0.15, -0.1) is 6.58 Å². The van der Waals surface area contributed by atoms with E-state index >= 15 is 0 Å². The minimum Gasteiger partial charge on any atom is -0.493 e. The molecule has 8 heteroatoms. The van der Waals surface area contributed by atoms with Gasteiger partial charge in [-0.2, -0.15) is 0 Å². The molecule has 29 heavy (non-hydrogen) atoms. The highest BCUT2D eigenvalue weighted by atomic mass is 35.5. The first kappa shape index (κ1) is 20.8. The van der Waals surface area contributed by atoms with E-state index in [1.807, 2.05) is 12.1 Å². The molecule has 2 aromatic carbocycles. The van der Waals surface area contributed by atoms with Crippen molar-refractivity contribution in [3.8, 4) is 11.5 Å². The number of allylic oxidation sites excluding steroid dienone is 1. The molecule has 0 atom stereocenters. The second-order valence-corrected chi connectivity index (χ2v) is 7.02. The lowest BCUT2D eigenvalue weighted by Crippen LogP contribution is -2.22. The Balaban J connectivity index is 1.92. The lowest BCUT2D eigenvalue weighted by molar-refractivity contribution is -0.115. The number of amides is 3. The van der Waals surface area contributed by atoms with Crippen molar-refractivity contribution in [2.24, 2.45) is 0 Å². The first-order valence-electron chi connectivity index (χ1n) is 8.64. The standard InChI is InChI=1S/C21H18Cl2N2O4/c1-3-4-14-7-13(9-17-20(26)25-21(27)24-17)10-18(28-2)19(14)29-11-12-5-6-15(22)16(23)8-12/h3,5-10H,1,4,11H2,2H3,(H2,24,25,26,27)/b17-9+. The highest BCUT2D eigenvalue weighted by Gasteiger charge is 2.23. The van der Waals surface area contributed by atoms with Gasteiger partial charge in [-0.1, -0.05) is 35.3 Å². The fourth-order valence-electron chi connectivity index (χ4n) is 2.82. The van der Waals surface area contributed by atoms with Gasteiger partial charge in [0, 0.05) is 5.56 Å². The van der Waals surface area contributed by atoms with Crippen LogP contribution in [0.5, 0.6) is 11.5 Å². The summed E-state index contributed by atoms with van der Waals surface area (Å²) < 4.78 is 11.5. The number of urea groups is 1. The van der Waals surface area contributed by atoms with E-state index in [2.05, 4.69) is 17.2 Å². The molecule has 1 aliphatic rings. The second-order valence-electron chi connectivity index (χ2n) is 6.21. The van der Waals surface area contributed by atoms with E-state index in [0.29, 0.717) is 33.5 Å². The highest BCUT2D eigenvalue weighted by Crippen LogP contribution is 2.35. The first-order valence-corrected chi connectivity index (χ1v) is 9.39. The van der Waals surface area contributed by atoms with Crippen LogP contribution in [0.25, 0.3) is 6.08 Å². The molecule has 0 radical (unpaired) electrons. The summed E-state index contributed by atoms with van der Waals surface area (Å²) in [7, 11) is 1.53.